The molecule has 0 aromatic heterocycles. The topological polar surface area (TPSA) is 105 Å². The number of rotatable bonds is 7. The van der Waals surface area contributed by atoms with Crippen LogP contribution in [0, 0.1) is 5.92 Å². The summed E-state index contributed by atoms with van der Waals surface area (Å²) in [5.41, 5.74) is 3.39. The Morgan fingerprint density at radius 1 is 1.03 bits per heavy atom. The summed E-state index contributed by atoms with van der Waals surface area (Å²) in [7, 11) is 0. The fraction of sp³-hybridized carbons (Fsp3) is 0.423. The molecule has 0 bridgehead atoms. The van der Waals surface area contributed by atoms with Crippen molar-refractivity contribution < 1.29 is 24.2 Å². The van der Waals surface area contributed by atoms with E-state index in [4.69, 9.17) is 4.74 Å². The fourth-order valence-corrected chi connectivity index (χ4v) is 4.85. The van der Waals surface area contributed by atoms with Gasteiger partial charge in [-0.3, -0.25) is 9.59 Å². The zero-order valence-corrected chi connectivity index (χ0v) is 19.0. The number of hydrogen-bond acceptors (Lipinski definition) is 4. The van der Waals surface area contributed by atoms with Gasteiger partial charge in [0, 0.05) is 12.0 Å². The highest BCUT2D eigenvalue weighted by Crippen LogP contribution is 2.44. The molecule has 0 heterocycles. The number of ether oxygens (including phenoxy) is 1. The Hall–Kier alpha value is -3.35. The van der Waals surface area contributed by atoms with Gasteiger partial charge < -0.3 is 20.5 Å². The van der Waals surface area contributed by atoms with E-state index in [0.717, 1.165) is 22.3 Å². The summed E-state index contributed by atoms with van der Waals surface area (Å²) in [5.74, 6) is -1.65. The van der Waals surface area contributed by atoms with Gasteiger partial charge in [0.1, 0.15) is 12.1 Å². The predicted octanol–water partition coefficient (Wildman–Crippen LogP) is 4.06. The van der Waals surface area contributed by atoms with Gasteiger partial charge in [-0.2, -0.15) is 0 Å². The molecule has 7 heteroatoms. The van der Waals surface area contributed by atoms with Crippen LogP contribution >= 0.6 is 0 Å². The molecule has 0 spiro atoms. The van der Waals surface area contributed by atoms with E-state index < -0.39 is 23.5 Å². The van der Waals surface area contributed by atoms with Crippen molar-refractivity contribution in [3.63, 3.8) is 0 Å². The van der Waals surface area contributed by atoms with Crippen molar-refractivity contribution in [2.45, 2.75) is 57.0 Å². The number of carbonyl (C=O) groups is 3. The fourth-order valence-electron chi connectivity index (χ4n) is 4.85. The number of hydrogen-bond donors (Lipinski definition) is 3. The largest absolute Gasteiger partial charge is 0.481 e. The second kappa shape index (κ2) is 9.25. The summed E-state index contributed by atoms with van der Waals surface area (Å²) in [4.78, 5) is 36.8. The van der Waals surface area contributed by atoms with Crippen molar-refractivity contribution >= 4 is 18.0 Å². The molecule has 1 saturated carbocycles. The average molecular weight is 451 g/mol. The number of benzene rings is 2. The van der Waals surface area contributed by atoms with E-state index in [1.807, 2.05) is 31.2 Å². The standard InChI is InChI=1S/C26H30N2O5/c1-3-26(2,24(31)27-17-13-12-16(14-17)23(29)30)28-25(32)33-15-22-20-10-6-4-8-18(20)19-9-5-7-11-21(19)22/h4-11,16-17,22H,3,12-15H2,1-2H3,(H,27,31)(H,28,32)(H,29,30)/t16-,17+,26?/m1/s1. The zero-order valence-electron chi connectivity index (χ0n) is 19.0. The van der Waals surface area contributed by atoms with E-state index in [2.05, 4.69) is 34.9 Å². The first-order valence-electron chi connectivity index (χ1n) is 11.5. The molecular formula is C26H30N2O5. The minimum absolute atomic E-state index is 0.0590. The Balaban J connectivity index is 1.38. The summed E-state index contributed by atoms with van der Waals surface area (Å²) in [6.07, 6.45) is 1.30. The summed E-state index contributed by atoms with van der Waals surface area (Å²) in [5, 5.41) is 14.8. The zero-order chi connectivity index (χ0) is 23.6. The van der Waals surface area contributed by atoms with Crippen molar-refractivity contribution in [3.05, 3.63) is 59.7 Å². The summed E-state index contributed by atoms with van der Waals surface area (Å²) in [6.45, 7) is 3.65. The summed E-state index contributed by atoms with van der Waals surface area (Å²) in [6, 6.07) is 16.0. The van der Waals surface area contributed by atoms with Gasteiger partial charge in [-0.1, -0.05) is 55.5 Å². The van der Waals surface area contributed by atoms with E-state index in [-0.39, 0.29) is 24.5 Å². The lowest BCUT2D eigenvalue weighted by Gasteiger charge is -2.29. The number of carboxylic acids is 1. The molecule has 3 atom stereocenters. The van der Waals surface area contributed by atoms with E-state index in [9.17, 15) is 19.5 Å². The lowest BCUT2D eigenvalue weighted by atomic mass is 9.97. The van der Waals surface area contributed by atoms with Crippen LogP contribution in [0.5, 0.6) is 0 Å². The normalized spacial score (nSPS) is 20.9. The summed E-state index contributed by atoms with van der Waals surface area (Å²) < 4.78 is 5.60. The Morgan fingerprint density at radius 2 is 1.64 bits per heavy atom. The van der Waals surface area contributed by atoms with Crippen molar-refractivity contribution in [3.8, 4) is 11.1 Å². The Bertz CT molecular complexity index is 1020. The van der Waals surface area contributed by atoms with Gasteiger partial charge in [0.25, 0.3) is 0 Å². The van der Waals surface area contributed by atoms with E-state index >= 15 is 0 Å². The Kier molecular flexibility index (Phi) is 6.40. The van der Waals surface area contributed by atoms with Crippen LogP contribution in [0.15, 0.2) is 48.5 Å². The number of fused-ring (bicyclic) bond motifs is 3. The Morgan fingerprint density at radius 3 is 2.18 bits per heavy atom. The molecule has 0 aliphatic heterocycles. The molecule has 2 aliphatic carbocycles. The van der Waals surface area contributed by atoms with Crippen LogP contribution in [-0.4, -0.2) is 41.3 Å². The molecule has 2 amide bonds. The second-order valence-corrected chi connectivity index (χ2v) is 9.15. The van der Waals surface area contributed by atoms with Gasteiger partial charge in [-0.25, -0.2) is 4.79 Å². The van der Waals surface area contributed by atoms with E-state index in [0.29, 0.717) is 25.7 Å². The molecule has 2 aromatic rings. The lowest BCUT2D eigenvalue weighted by molar-refractivity contribution is -0.141. The van der Waals surface area contributed by atoms with Gasteiger partial charge in [0.15, 0.2) is 0 Å². The molecule has 4 rings (SSSR count). The first-order chi connectivity index (χ1) is 15.8. The SMILES string of the molecule is CCC(C)(NC(=O)OCC1c2ccccc2-c2ccccc21)C(=O)N[C@H]1CC[C@@H](C(=O)O)C1. The Labute approximate surface area is 193 Å². The molecule has 33 heavy (non-hydrogen) atoms. The minimum atomic E-state index is -1.15. The highest BCUT2D eigenvalue weighted by atomic mass is 16.5. The molecule has 2 aliphatic rings. The maximum atomic E-state index is 12.9. The lowest BCUT2D eigenvalue weighted by Crippen LogP contribution is -2.58. The van der Waals surface area contributed by atoms with Gasteiger partial charge in [0.2, 0.25) is 5.91 Å². The van der Waals surface area contributed by atoms with Gasteiger partial charge in [-0.05, 0) is 54.9 Å². The molecule has 174 valence electrons. The molecule has 1 fully saturated rings. The number of amides is 2. The minimum Gasteiger partial charge on any atom is -0.481 e. The third kappa shape index (κ3) is 4.58. The van der Waals surface area contributed by atoms with Crippen LogP contribution in [-0.2, 0) is 14.3 Å². The van der Waals surface area contributed by atoms with Gasteiger partial charge in [-0.15, -0.1) is 0 Å². The third-order valence-corrected chi connectivity index (χ3v) is 7.05. The van der Waals surface area contributed by atoms with Crippen molar-refractivity contribution in [2.24, 2.45) is 5.92 Å². The van der Waals surface area contributed by atoms with Crippen LogP contribution in [0.4, 0.5) is 4.79 Å². The molecule has 0 saturated heterocycles. The quantitative estimate of drug-likeness (QED) is 0.590. The molecule has 3 N–H and O–H groups in total. The average Bonchev–Trinajstić information content (AvgIpc) is 3.40. The first kappa shape index (κ1) is 22.8. The van der Waals surface area contributed by atoms with E-state index in [1.165, 1.54) is 0 Å². The number of carboxylic acid groups (broad SMARTS) is 1. The molecule has 7 nitrogen and oxygen atoms in total. The summed E-state index contributed by atoms with van der Waals surface area (Å²) >= 11 is 0. The van der Waals surface area contributed by atoms with Gasteiger partial charge in [0.05, 0.1) is 5.92 Å². The number of aliphatic carboxylic acids is 1. The first-order valence-corrected chi connectivity index (χ1v) is 11.5. The van der Waals surface area contributed by atoms with Gasteiger partial charge >= 0.3 is 12.1 Å². The van der Waals surface area contributed by atoms with Crippen molar-refractivity contribution in [1.82, 2.24) is 10.6 Å². The number of nitrogens with one attached hydrogen (secondary N) is 2. The third-order valence-electron chi connectivity index (χ3n) is 7.05. The monoisotopic (exact) mass is 450 g/mol. The molecule has 2 aromatic carbocycles. The molecular weight excluding hydrogens is 420 g/mol. The van der Waals surface area contributed by atoms with Crippen LogP contribution in [0.2, 0.25) is 0 Å². The molecule has 1 unspecified atom stereocenters. The smallest absolute Gasteiger partial charge is 0.408 e. The van der Waals surface area contributed by atoms with E-state index in [1.54, 1.807) is 6.92 Å². The van der Waals surface area contributed by atoms with Crippen LogP contribution in [0.1, 0.15) is 56.6 Å². The maximum absolute atomic E-state index is 12.9. The highest BCUT2D eigenvalue weighted by Gasteiger charge is 2.38. The van der Waals surface area contributed by atoms with Crippen molar-refractivity contribution in [1.29, 1.82) is 0 Å². The van der Waals surface area contributed by atoms with Crippen LogP contribution < -0.4 is 10.6 Å². The number of carbonyl (C=O) groups excluding carboxylic acids is 2. The van der Waals surface area contributed by atoms with Crippen LogP contribution in [0.3, 0.4) is 0 Å². The maximum Gasteiger partial charge on any atom is 0.408 e. The highest BCUT2D eigenvalue weighted by molar-refractivity contribution is 5.90. The second-order valence-electron chi connectivity index (χ2n) is 9.15. The van der Waals surface area contributed by atoms with Crippen molar-refractivity contribution in [2.75, 3.05) is 6.61 Å². The van der Waals surface area contributed by atoms with Crippen LogP contribution in [0.25, 0.3) is 11.1 Å². The number of alkyl carbamates (subject to hydrolysis) is 1. The molecule has 0 radical (unpaired) electrons. The predicted molar refractivity (Wildman–Crippen MR) is 124 cm³/mol.